The fourth-order valence-corrected chi connectivity index (χ4v) is 2.69. The molecule has 1 aromatic carbocycles. The van der Waals surface area contributed by atoms with E-state index >= 15 is 0 Å². The minimum absolute atomic E-state index is 0.234. The van der Waals surface area contributed by atoms with E-state index in [-0.39, 0.29) is 6.10 Å². The molecule has 2 heterocycles. The molecule has 1 unspecified atom stereocenters. The third-order valence-corrected chi connectivity index (χ3v) is 3.93. The summed E-state index contributed by atoms with van der Waals surface area (Å²) in [7, 11) is 0. The molecule has 2 aromatic rings. The van der Waals surface area contributed by atoms with Crippen LogP contribution in [0.5, 0.6) is 0 Å². The van der Waals surface area contributed by atoms with Crippen molar-refractivity contribution in [1.29, 1.82) is 0 Å². The Labute approximate surface area is 124 Å². The molecule has 0 bridgehead atoms. The Bertz CT molecular complexity index is 579. The van der Waals surface area contributed by atoms with Gasteiger partial charge in [0.1, 0.15) is 0 Å². The van der Waals surface area contributed by atoms with Crippen molar-refractivity contribution in [3.8, 4) is 11.4 Å². The molecular formula is C16H21N3O2. The molecule has 1 fully saturated rings. The van der Waals surface area contributed by atoms with Gasteiger partial charge in [-0.2, -0.15) is 4.98 Å². The number of piperidine rings is 1. The van der Waals surface area contributed by atoms with Crippen molar-refractivity contribution in [3.63, 3.8) is 0 Å². The van der Waals surface area contributed by atoms with Crippen molar-refractivity contribution < 1.29 is 9.63 Å². The maximum atomic E-state index is 9.68. The minimum atomic E-state index is -0.234. The van der Waals surface area contributed by atoms with Gasteiger partial charge in [0.25, 0.3) is 0 Å². The van der Waals surface area contributed by atoms with Gasteiger partial charge < -0.3 is 9.63 Å². The highest BCUT2D eigenvalue weighted by Crippen LogP contribution is 2.18. The molecule has 0 radical (unpaired) electrons. The quantitative estimate of drug-likeness (QED) is 0.934. The summed E-state index contributed by atoms with van der Waals surface area (Å²) < 4.78 is 5.33. The molecule has 1 N–H and O–H groups in total. The lowest BCUT2D eigenvalue weighted by atomic mass is 10.1. The zero-order valence-corrected chi connectivity index (χ0v) is 12.3. The van der Waals surface area contributed by atoms with Crippen LogP contribution in [0.2, 0.25) is 0 Å². The summed E-state index contributed by atoms with van der Waals surface area (Å²) in [6.45, 7) is 4.40. The van der Waals surface area contributed by atoms with Gasteiger partial charge in [-0.1, -0.05) is 36.3 Å². The number of aryl methyl sites for hydroxylation is 1. The van der Waals surface area contributed by atoms with E-state index in [1.807, 2.05) is 12.1 Å². The van der Waals surface area contributed by atoms with Crippen molar-refractivity contribution >= 4 is 0 Å². The summed E-state index contributed by atoms with van der Waals surface area (Å²) >= 11 is 0. The summed E-state index contributed by atoms with van der Waals surface area (Å²) in [6.07, 6.45) is 2.69. The van der Waals surface area contributed by atoms with Gasteiger partial charge >= 0.3 is 0 Å². The van der Waals surface area contributed by atoms with E-state index in [1.165, 1.54) is 5.56 Å². The van der Waals surface area contributed by atoms with Gasteiger partial charge in [0.05, 0.1) is 12.6 Å². The largest absolute Gasteiger partial charge is 0.392 e. The summed E-state index contributed by atoms with van der Waals surface area (Å²) in [4.78, 5) is 6.61. The van der Waals surface area contributed by atoms with Crippen LogP contribution in [0.4, 0.5) is 0 Å². The molecule has 1 aromatic heterocycles. The van der Waals surface area contributed by atoms with E-state index < -0.39 is 0 Å². The third kappa shape index (κ3) is 3.49. The van der Waals surface area contributed by atoms with Crippen molar-refractivity contribution in [3.05, 3.63) is 35.7 Å². The standard InChI is InChI=1S/C16H21N3O2/c1-2-12-5-7-13(8-6-12)16-17-15(21-18-16)11-19-9-3-4-14(20)10-19/h5-8,14,20H,2-4,9-11H2,1H3. The Morgan fingerprint density at radius 1 is 1.33 bits per heavy atom. The number of aliphatic hydroxyl groups excluding tert-OH is 1. The van der Waals surface area contributed by atoms with Gasteiger partial charge in [0, 0.05) is 12.1 Å². The lowest BCUT2D eigenvalue weighted by Gasteiger charge is -2.28. The van der Waals surface area contributed by atoms with E-state index in [9.17, 15) is 5.11 Å². The molecule has 0 spiro atoms. The first-order valence-corrected chi connectivity index (χ1v) is 7.57. The van der Waals surface area contributed by atoms with Crippen molar-refractivity contribution in [2.75, 3.05) is 13.1 Å². The summed E-state index contributed by atoms with van der Waals surface area (Å²) in [5, 5.41) is 13.7. The maximum Gasteiger partial charge on any atom is 0.241 e. The minimum Gasteiger partial charge on any atom is -0.392 e. The number of hydrogen-bond acceptors (Lipinski definition) is 5. The molecule has 1 aliphatic heterocycles. The second-order valence-electron chi connectivity index (χ2n) is 5.59. The van der Waals surface area contributed by atoms with Crippen LogP contribution >= 0.6 is 0 Å². The molecule has 1 saturated heterocycles. The van der Waals surface area contributed by atoms with Crippen LogP contribution in [-0.2, 0) is 13.0 Å². The molecule has 1 aliphatic rings. The van der Waals surface area contributed by atoms with Crippen LogP contribution < -0.4 is 0 Å². The topological polar surface area (TPSA) is 62.4 Å². The van der Waals surface area contributed by atoms with Gasteiger partial charge in [0.2, 0.25) is 11.7 Å². The zero-order chi connectivity index (χ0) is 14.7. The number of rotatable bonds is 4. The first-order valence-electron chi connectivity index (χ1n) is 7.57. The van der Waals surface area contributed by atoms with E-state index in [2.05, 4.69) is 34.1 Å². The number of β-amino-alcohol motifs (C(OH)–C–C–N with tert-alkyl or cyclic N) is 1. The monoisotopic (exact) mass is 287 g/mol. The van der Waals surface area contributed by atoms with E-state index in [0.29, 0.717) is 24.8 Å². The van der Waals surface area contributed by atoms with E-state index in [1.54, 1.807) is 0 Å². The molecule has 0 amide bonds. The zero-order valence-electron chi connectivity index (χ0n) is 12.3. The highest BCUT2D eigenvalue weighted by atomic mass is 16.5. The fraction of sp³-hybridized carbons (Fsp3) is 0.500. The molecule has 0 saturated carbocycles. The average molecular weight is 287 g/mol. The maximum absolute atomic E-state index is 9.68. The van der Waals surface area contributed by atoms with Gasteiger partial charge in [-0.25, -0.2) is 0 Å². The summed E-state index contributed by atoms with van der Waals surface area (Å²) in [6, 6.07) is 8.23. The van der Waals surface area contributed by atoms with Gasteiger partial charge in [-0.05, 0) is 31.4 Å². The number of likely N-dealkylation sites (tertiary alicyclic amines) is 1. The summed E-state index contributed by atoms with van der Waals surface area (Å²) in [5.74, 6) is 1.24. The lowest BCUT2D eigenvalue weighted by Crippen LogP contribution is -2.37. The van der Waals surface area contributed by atoms with Crippen LogP contribution in [-0.4, -0.2) is 39.3 Å². The fourth-order valence-electron chi connectivity index (χ4n) is 2.69. The second kappa shape index (κ2) is 6.37. The first-order chi connectivity index (χ1) is 10.2. The molecular weight excluding hydrogens is 266 g/mol. The predicted octanol–water partition coefficient (Wildman–Crippen LogP) is 2.26. The van der Waals surface area contributed by atoms with Crippen molar-refractivity contribution in [2.24, 2.45) is 0 Å². The highest BCUT2D eigenvalue weighted by molar-refractivity contribution is 5.54. The van der Waals surface area contributed by atoms with Crippen LogP contribution in [0.25, 0.3) is 11.4 Å². The number of benzene rings is 1. The van der Waals surface area contributed by atoms with Crippen molar-refractivity contribution in [2.45, 2.75) is 38.8 Å². The number of nitrogens with zero attached hydrogens (tertiary/aromatic N) is 3. The highest BCUT2D eigenvalue weighted by Gasteiger charge is 2.20. The van der Waals surface area contributed by atoms with Crippen LogP contribution in [0.1, 0.15) is 31.2 Å². The Hall–Kier alpha value is -1.72. The van der Waals surface area contributed by atoms with E-state index in [4.69, 9.17) is 4.52 Å². The normalized spacial score (nSPS) is 19.8. The SMILES string of the molecule is CCc1ccc(-c2noc(CN3CCCC(O)C3)n2)cc1. The molecule has 5 nitrogen and oxygen atoms in total. The Balaban J connectivity index is 1.67. The molecule has 0 aliphatic carbocycles. The predicted molar refractivity (Wildman–Crippen MR) is 79.6 cm³/mol. The lowest BCUT2D eigenvalue weighted by molar-refractivity contribution is 0.0613. The summed E-state index contributed by atoms with van der Waals surface area (Å²) in [5.41, 5.74) is 2.27. The van der Waals surface area contributed by atoms with Crippen molar-refractivity contribution in [1.82, 2.24) is 15.0 Å². The second-order valence-corrected chi connectivity index (χ2v) is 5.59. The smallest absolute Gasteiger partial charge is 0.241 e. The van der Waals surface area contributed by atoms with E-state index in [0.717, 1.165) is 31.4 Å². The number of aliphatic hydroxyl groups is 1. The van der Waals surface area contributed by atoms with Crippen LogP contribution in [0.3, 0.4) is 0 Å². The van der Waals surface area contributed by atoms with Gasteiger partial charge in [0.15, 0.2) is 0 Å². The Kier molecular flexibility index (Phi) is 4.31. The third-order valence-electron chi connectivity index (χ3n) is 3.93. The van der Waals surface area contributed by atoms with Crippen LogP contribution in [0, 0.1) is 0 Å². The Morgan fingerprint density at radius 3 is 2.86 bits per heavy atom. The Morgan fingerprint density at radius 2 is 2.14 bits per heavy atom. The van der Waals surface area contributed by atoms with Crippen LogP contribution in [0.15, 0.2) is 28.8 Å². The number of hydrogen-bond donors (Lipinski definition) is 1. The first kappa shape index (κ1) is 14.2. The van der Waals surface area contributed by atoms with Gasteiger partial charge in [-0.15, -0.1) is 0 Å². The molecule has 3 rings (SSSR count). The van der Waals surface area contributed by atoms with Gasteiger partial charge in [-0.3, -0.25) is 4.90 Å². The molecule has 1 atom stereocenters. The number of aromatic nitrogens is 2. The molecule has 112 valence electrons. The average Bonchev–Trinajstić information content (AvgIpc) is 2.96. The molecule has 5 heteroatoms. The molecule has 21 heavy (non-hydrogen) atoms.